The highest BCUT2D eigenvalue weighted by Crippen LogP contribution is 2.33. The summed E-state index contributed by atoms with van der Waals surface area (Å²) in [7, 11) is 0. The number of benzene rings is 1. The van der Waals surface area contributed by atoms with E-state index >= 15 is 0 Å². The van der Waals surface area contributed by atoms with Crippen LogP contribution >= 0.6 is 15.9 Å². The van der Waals surface area contributed by atoms with Crippen molar-refractivity contribution in [2.45, 2.75) is 45.1 Å². The molecule has 2 heterocycles. The second kappa shape index (κ2) is 8.31. The molecule has 2 amide bonds. The molecule has 1 aliphatic rings. The molecular weight excluding hydrogens is 418 g/mol. The Morgan fingerprint density at radius 2 is 2.11 bits per heavy atom. The first kappa shape index (κ1) is 18.9. The van der Waals surface area contributed by atoms with Gasteiger partial charge in [-0.15, -0.1) is 0 Å². The number of urea groups is 1. The van der Waals surface area contributed by atoms with Crippen LogP contribution in [0.4, 0.5) is 10.5 Å². The Morgan fingerprint density at radius 3 is 2.89 bits per heavy atom. The van der Waals surface area contributed by atoms with Crippen molar-refractivity contribution in [3.05, 3.63) is 52.4 Å². The predicted molar refractivity (Wildman–Crippen MR) is 115 cm³/mol. The van der Waals surface area contributed by atoms with Gasteiger partial charge < -0.3 is 15.2 Å². The first-order chi connectivity index (χ1) is 13.6. The Labute approximate surface area is 172 Å². The summed E-state index contributed by atoms with van der Waals surface area (Å²) in [6, 6.07) is 9.94. The van der Waals surface area contributed by atoms with Gasteiger partial charge in [-0.3, -0.25) is 0 Å². The van der Waals surface area contributed by atoms with Crippen LogP contribution < -0.4 is 10.6 Å². The molecule has 0 bridgehead atoms. The van der Waals surface area contributed by atoms with Crippen LogP contribution in [0.2, 0.25) is 0 Å². The number of rotatable bonds is 5. The van der Waals surface area contributed by atoms with Crippen molar-refractivity contribution < 1.29 is 4.79 Å². The van der Waals surface area contributed by atoms with Gasteiger partial charge in [-0.25, -0.2) is 14.8 Å². The molecule has 0 unspecified atom stereocenters. The molecule has 1 fully saturated rings. The summed E-state index contributed by atoms with van der Waals surface area (Å²) in [5.41, 5.74) is 3.74. The lowest BCUT2D eigenvalue weighted by molar-refractivity contribution is 0.252. The summed E-state index contributed by atoms with van der Waals surface area (Å²) in [5, 5.41) is 5.82. The number of hydrogen-bond acceptors (Lipinski definition) is 3. The molecule has 28 heavy (non-hydrogen) atoms. The van der Waals surface area contributed by atoms with Crippen LogP contribution in [0.3, 0.4) is 0 Å². The highest BCUT2D eigenvalue weighted by Gasteiger charge is 2.23. The number of nitrogens with one attached hydrogen (secondary N) is 2. The zero-order valence-corrected chi connectivity index (χ0v) is 17.5. The van der Waals surface area contributed by atoms with Crippen LogP contribution in [-0.2, 0) is 6.42 Å². The van der Waals surface area contributed by atoms with E-state index in [0.717, 1.165) is 32.7 Å². The van der Waals surface area contributed by atoms with Crippen LogP contribution in [0, 0.1) is 6.92 Å². The molecule has 1 saturated carbocycles. The average Bonchev–Trinajstić information content (AvgIpc) is 3.31. The number of aromatic nitrogens is 3. The quantitative estimate of drug-likeness (QED) is 0.586. The molecule has 2 aromatic heterocycles. The molecule has 2 N–H and O–H groups in total. The number of pyridine rings is 1. The Bertz CT molecular complexity index is 994. The fourth-order valence-electron chi connectivity index (χ4n) is 3.88. The largest absolute Gasteiger partial charge is 0.337 e. The number of anilines is 1. The van der Waals surface area contributed by atoms with Crippen LogP contribution in [0.1, 0.15) is 43.1 Å². The van der Waals surface area contributed by atoms with Gasteiger partial charge in [0, 0.05) is 35.4 Å². The monoisotopic (exact) mass is 441 g/mol. The predicted octanol–water partition coefficient (Wildman–Crippen LogP) is 4.98. The molecule has 0 atom stereocenters. The maximum absolute atomic E-state index is 12.2. The van der Waals surface area contributed by atoms with Gasteiger partial charge >= 0.3 is 6.03 Å². The summed E-state index contributed by atoms with van der Waals surface area (Å²) < 4.78 is 3.32. The smallest absolute Gasteiger partial charge is 0.319 e. The van der Waals surface area contributed by atoms with Gasteiger partial charge in [0.25, 0.3) is 0 Å². The highest BCUT2D eigenvalue weighted by molar-refractivity contribution is 9.10. The lowest BCUT2D eigenvalue weighted by atomic mass is 10.2. The molecule has 7 heteroatoms. The van der Waals surface area contributed by atoms with E-state index in [1.54, 1.807) is 0 Å². The van der Waals surface area contributed by atoms with Gasteiger partial charge in [0.05, 0.1) is 0 Å². The number of carbonyl (C=O) groups excluding carboxylic acids is 1. The van der Waals surface area contributed by atoms with Crippen molar-refractivity contribution in [2.24, 2.45) is 0 Å². The number of carbonyl (C=O) groups is 1. The number of nitrogens with zero attached hydrogens (tertiary/aromatic N) is 3. The van der Waals surface area contributed by atoms with Gasteiger partial charge in [0.1, 0.15) is 11.3 Å². The fourth-order valence-corrected chi connectivity index (χ4v) is 4.13. The zero-order chi connectivity index (χ0) is 19.5. The van der Waals surface area contributed by atoms with Gasteiger partial charge in [0.2, 0.25) is 0 Å². The molecule has 0 radical (unpaired) electrons. The fraction of sp³-hybridized carbons (Fsp3) is 0.381. The summed E-state index contributed by atoms with van der Waals surface area (Å²) >= 11 is 3.47. The summed E-state index contributed by atoms with van der Waals surface area (Å²) in [5.74, 6) is 1.00. The second-order valence-electron chi connectivity index (χ2n) is 7.28. The van der Waals surface area contributed by atoms with Crippen molar-refractivity contribution in [3.63, 3.8) is 0 Å². The number of imidazole rings is 1. The lowest BCUT2D eigenvalue weighted by Crippen LogP contribution is -2.31. The molecule has 146 valence electrons. The van der Waals surface area contributed by atoms with E-state index in [9.17, 15) is 4.79 Å². The maximum atomic E-state index is 12.2. The first-order valence-corrected chi connectivity index (χ1v) is 10.5. The maximum Gasteiger partial charge on any atom is 0.319 e. The molecular formula is C21H24BrN5O. The van der Waals surface area contributed by atoms with Crippen molar-refractivity contribution in [3.8, 4) is 0 Å². The topological polar surface area (TPSA) is 71.8 Å². The van der Waals surface area contributed by atoms with Crippen LogP contribution in [0.25, 0.3) is 11.2 Å². The van der Waals surface area contributed by atoms with Gasteiger partial charge in [0.15, 0.2) is 5.65 Å². The number of aryl methyl sites for hydroxylation is 1. The number of halogens is 1. The SMILES string of the molecule is Cc1cc(NC(=O)NCCc2nc3cccnc3n2C2CCCC2)ccc1Br. The van der Waals surface area contributed by atoms with Gasteiger partial charge in [-0.2, -0.15) is 0 Å². The molecule has 0 aliphatic heterocycles. The minimum absolute atomic E-state index is 0.205. The van der Waals surface area contributed by atoms with Crippen LogP contribution in [-0.4, -0.2) is 27.1 Å². The molecule has 0 spiro atoms. The van der Waals surface area contributed by atoms with Crippen molar-refractivity contribution in [2.75, 3.05) is 11.9 Å². The third kappa shape index (κ3) is 4.04. The zero-order valence-electron chi connectivity index (χ0n) is 15.9. The minimum atomic E-state index is -0.205. The third-order valence-electron chi connectivity index (χ3n) is 5.26. The van der Waals surface area contributed by atoms with Gasteiger partial charge in [-0.1, -0.05) is 28.8 Å². The van der Waals surface area contributed by atoms with Crippen molar-refractivity contribution >= 4 is 38.8 Å². The second-order valence-corrected chi connectivity index (χ2v) is 8.13. The van der Waals surface area contributed by atoms with E-state index in [0.29, 0.717) is 19.0 Å². The number of fused-ring (bicyclic) bond motifs is 1. The average molecular weight is 442 g/mol. The van der Waals surface area contributed by atoms with Crippen LogP contribution in [0.5, 0.6) is 0 Å². The standard InChI is InChI=1S/C21H24BrN5O/c1-14-13-15(8-9-17(14)22)25-21(28)24-12-10-19-26-18-7-4-11-23-20(18)27(19)16-5-2-3-6-16/h4,7-9,11,13,16H,2-3,5-6,10,12H2,1H3,(H2,24,25,28). The van der Waals surface area contributed by atoms with E-state index in [-0.39, 0.29) is 6.03 Å². The van der Waals surface area contributed by atoms with E-state index in [4.69, 9.17) is 4.98 Å². The van der Waals surface area contributed by atoms with Crippen LogP contribution in [0.15, 0.2) is 41.0 Å². The van der Waals surface area contributed by atoms with E-state index in [2.05, 4.69) is 36.1 Å². The summed E-state index contributed by atoms with van der Waals surface area (Å²) in [6.45, 7) is 2.52. The number of amides is 2. The van der Waals surface area contributed by atoms with Gasteiger partial charge in [-0.05, 0) is 55.7 Å². The van der Waals surface area contributed by atoms with Crippen molar-refractivity contribution in [1.29, 1.82) is 0 Å². The Hall–Kier alpha value is -2.41. The third-order valence-corrected chi connectivity index (χ3v) is 6.15. The first-order valence-electron chi connectivity index (χ1n) is 9.74. The molecule has 1 aromatic carbocycles. The Balaban J connectivity index is 1.42. The lowest BCUT2D eigenvalue weighted by Gasteiger charge is -2.16. The van der Waals surface area contributed by atoms with E-state index in [1.807, 2.05) is 43.5 Å². The van der Waals surface area contributed by atoms with Crippen molar-refractivity contribution in [1.82, 2.24) is 19.9 Å². The number of hydrogen-bond donors (Lipinski definition) is 2. The van der Waals surface area contributed by atoms with E-state index in [1.165, 1.54) is 25.7 Å². The normalized spacial score (nSPS) is 14.5. The Kier molecular flexibility index (Phi) is 5.62. The highest BCUT2D eigenvalue weighted by atomic mass is 79.9. The Morgan fingerprint density at radius 1 is 1.29 bits per heavy atom. The molecule has 0 saturated heterocycles. The molecule has 1 aliphatic carbocycles. The summed E-state index contributed by atoms with van der Waals surface area (Å²) in [6.07, 6.45) is 7.36. The minimum Gasteiger partial charge on any atom is -0.337 e. The molecule has 6 nitrogen and oxygen atoms in total. The van der Waals surface area contributed by atoms with E-state index < -0.39 is 0 Å². The summed E-state index contributed by atoms with van der Waals surface area (Å²) in [4.78, 5) is 21.6. The molecule has 4 rings (SSSR count). The molecule has 3 aromatic rings.